The number of nitrogens with zero attached hydrogens (tertiary/aromatic N) is 1. The molecule has 1 aromatic carbocycles. The molecule has 0 amide bonds. The molecule has 0 unspecified atom stereocenters. The van der Waals surface area contributed by atoms with Crippen molar-refractivity contribution in [3.8, 4) is 0 Å². The number of hydrogen-bond acceptors (Lipinski definition) is 2. The Hall–Kier alpha value is -1.55. The zero-order valence-electron chi connectivity index (χ0n) is 12.7. The Morgan fingerprint density at radius 3 is 2.40 bits per heavy atom. The Morgan fingerprint density at radius 1 is 1.30 bits per heavy atom. The molecular formula is C16H22F2N2. The third-order valence-electron chi connectivity index (χ3n) is 3.16. The molecule has 0 heterocycles. The lowest BCUT2D eigenvalue weighted by Crippen LogP contribution is -2.41. The maximum absolute atomic E-state index is 13.8. The Morgan fingerprint density at radius 2 is 1.90 bits per heavy atom. The lowest BCUT2D eigenvalue weighted by atomic mass is 9.85. The van der Waals surface area contributed by atoms with Crippen LogP contribution >= 0.6 is 0 Å². The summed E-state index contributed by atoms with van der Waals surface area (Å²) in [6, 6.07) is 3.07. The number of halogens is 2. The van der Waals surface area contributed by atoms with Crippen LogP contribution in [0.15, 0.2) is 29.3 Å². The first-order valence-corrected chi connectivity index (χ1v) is 6.59. The molecule has 0 spiro atoms. The number of rotatable bonds is 3. The molecule has 110 valence electrons. The van der Waals surface area contributed by atoms with Crippen LogP contribution in [0.2, 0.25) is 0 Å². The monoisotopic (exact) mass is 280 g/mol. The zero-order valence-corrected chi connectivity index (χ0v) is 12.7. The summed E-state index contributed by atoms with van der Waals surface area (Å²) in [6.45, 7) is 9.56. The van der Waals surface area contributed by atoms with E-state index in [0.717, 1.165) is 18.2 Å². The minimum absolute atomic E-state index is 0.146. The van der Waals surface area contributed by atoms with Gasteiger partial charge in [-0.15, -0.1) is 0 Å². The van der Waals surface area contributed by atoms with E-state index in [1.54, 1.807) is 19.9 Å². The summed E-state index contributed by atoms with van der Waals surface area (Å²) >= 11 is 0. The molecule has 0 bridgehead atoms. The van der Waals surface area contributed by atoms with E-state index in [2.05, 4.69) is 4.99 Å². The molecule has 1 atom stereocenters. The summed E-state index contributed by atoms with van der Waals surface area (Å²) in [5.41, 5.74) is 7.20. The van der Waals surface area contributed by atoms with Gasteiger partial charge in [-0.3, -0.25) is 4.99 Å². The highest BCUT2D eigenvalue weighted by Crippen LogP contribution is 2.24. The van der Waals surface area contributed by atoms with Gasteiger partial charge in [0.25, 0.3) is 0 Å². The topological polar surface area (TPSA) is 38.4 Å². The van der Waals surface area contributed by atoms with E-state index < -0.39 is 11.6 Å². The highest BCUT2D eigenvalue weighted by atomic mass is 19.1. The molecule has 0 saturated heterocycles. The van der Waals surface area contributed by atoms with Crippen LogP contribution in [0.5, 0.6) is 0 Å². The standard InChI is InChI=1S/C16H22F2N2/c1-6-14(12-9-11(17)7-8-13(12)18)20-10(2)15(19)16(3,4)5/h6-9,15H,19H2,1-5H3/b14-6-,20-10?/t15-/m0/s1. The van der Waals surface area contributed by atoms with Gasteiger partial charge >= 0.3 is 0 Å². The minimum Gasteiger partial charge on any atom is -0.323 e. The van der Waals surface area contributed by atoms with Crippen molar-refractivity contribution in [2.45, 2.75) is 40.7 Å². The van der Waals surface area contributed by atoms with E-state index in [4.69, 9.17) is 5.73 Å². The number of aliphatic imine (C=N–C) groups is 1. The van der Waals surface area contributed by atoms with Crippen LogP contribution in [-0.4, -0.2) is 11.8 Å². The van der Waals surface area contributed by atoms with Gasteiger partial charge in [-0.25, -0.2) is 8.78 Å². The van der Waals surface area contributed by atoms with Crippen molar-refractivity contribution in [2.75, 3.05) is 0 Å². The van der Waals surface area contributed by atoms with Crippen molar-refractivity contribution in [1.82, 2.24) is 0 Å². The smallest absolute Gasteiger partial charge is 0.132 e. The first-order chi connectivity index (χ1) is 9.16. The third kappa shape index (κ3) is 3.97. The molecule has 0 aliphatic carbocycles. The lowest BCUT2D eigenvalue weighted by Gasteiger charge is -2.27. The van der Waals surface area contributed by atoms with E-state index in [1.165, 1.54) is 0 Å². The number of nitrogens with two attached hydrogens (primary N) is 1. The van der Waals surface area contributed by atoms with E-state index in [9.17, 15) is 8.78 Å². The molecule has 1 rings (SSSR count). The molecule has 0 saturated carbocycles. The summed E-state index contributed by atoms with van der Waals surface area (Å²) < 4.78 is 27.0. The number of allylic oxidation sites excluding steroid dienone is 1. The Bertz CT molecular complexity index is 540. The molecule has 4 heteroatoms. The molecular weight excluding hydrogens is 258 g/mol. The summed E-state index contributed by atoms with van der Waals surface area (Å²) in [4.78, 5) is 4.38. The van der Waals surface area contributed by atoms with E-state index in [0.29, 0.717) is 11.4 Å². The predicted octanol–water partition coefficient (Wildman–Crippen LogP) is 4.16. The first-order valence-electron chi connectivity index (χ1n) is 6.59. The second-order valence-electron chi connectivity index (χ2n) is 5.89. The van der Waals surface area contributed by atoms with Gasteiger partial charge in [0.15, 0.2) is 0 Å². The van der Waals surface area contributed by atoms with Crippen molar-refractivity contribution in [2.24, 2.45) is 16.1 Å². The van der Waals surface area contributed by atoms with Crippen LogP contribution < -0.4 is 5.73 Å². The van der Waals surface area contributed by atoms with Gasteiger partial charge in [0.2, 0.25) is 0 Å². The van der Waals surface area contributed by atoms with Crippen molar-refractivity contribution < 1.29 is 8.78 Å². The predicted molar refractivity (Wildman–Crippen MR) is 80.5 cm³/mol. The molecule has 0 aliphatic heterocycles. The maximum Gasteiger partial charge on any atom is 0.132 e. The summed E-state index contributed by atoms with van der Waals surface area (Å²) in [6.07, 6.45) is 1.65. The molecule has 0 fully saturated rings. The van der Waals surface area contributed by atoms with Crippen LogP contribution in [0.3, 0.4) is 0 Å². The van der Waals surface area contributed by atoms with Crippen LogP contribution in [-0.2, 0) is 0 Å². The van der Waals surface area contributed by atoms with Crippen molar-refractivity contribution >= 4 is 11.4 Å². The van der Waals surface area contributed by atoms with Crippen LogP contribution in [0.25, 0.3) is 5.70 Å². The number of hydrogen-bond donors (Lipinski definition) is 1. The Labute approximate surface area is 119 Å². The molecule has 0 aliphatic rings. The van der Waals surface area contributed by atoms with Crippen LogP contribution in [0.4, 0.5) is 8.78 Å². The average molecular weight is 280 g/mol. The van der Waals surface area contributed by atoms with Gasteiger partial charge in [0, 0.05) is 17.3 Å². The Balaban J connectivity index is 3.19. The average Bonchev–Trinajstić information content (AvgIpc) is 2.36. The van der Waals surface area contributed by atoms with E-state index in [1.807, 2.05) is 20.8 Å². The van der Waals surface area contributed by atoms with Gasteiger partial charge in [0.05, 0.1) is 5.70 Å². The summed E-state index contributed by atoms with van der Waals surface area (Å²) in [5.74, 6) is -0.992. The second kappa shape index (κ2) is 6.27. The molecule has 2 N–H and O–H groups in total. The second-order valence-corrected chi connectivity index (χ2v) is 5.89. The summed E-state index contributed by atoms with van der Waals surface area (Å²) in [7, 11) is 0. The molecule has 0 radical (unpaired) electrons. The van der Waals surface area contributed by atoms with E-state index in [-0.39, 0.29) is 17.0 Å². The van der Waals surface area contributed by atoms with Crippen molar-refractivity contribution in [3.63, 3.8) is 0 Å². The highest BCUT2D eigenvalue weighted by Gasteiger charge is 2.23. The molecule has 20 heavy (non-hydrogen) atoms. The first kappa shape index (κ1) is 16.5. The van der Waals surface area contributed by atoms with E-state index >= 15 is 0 Å². The van der Waals surface area contributed by atoms with Crippen LogP contribution in [0.1, 0.15) is 40.2 Å². The maximum atomic E-state index is 13.8. The molecule has 0 aromatic heterocycles. The minimum atomic E-state index is -0.500. The Kier molecular flexibility index (Phi) is 5.17. The fourth-order valence-electron chi connectivity index (χ4n) is 1.86. The normalized spacial score (nSPS) is 15.4. The quantitative estimate of drug-likeness (QED) is 0.829. The van der Waals surface area contributed by atoms with Crippen LogP contribution in [0, 0.1) is 17.0 Å². The SMILES string of the molecule is C/C=C(\N=C(C)[C@H](N)C(C)(C)C)c1cc(F)ccc1F. The summed E-state index contributed by atoms with van der Waals surface area (Å²) in [5, 5.41) is 0. The highest BCUT2D eigenvalue weighted by molar-refractivity contribution is 5.92. The molecule has 2 nitrogen and oxygen atoms in total. The van der Waals surface area contributed by atoms with Crippen molar-refractivity contribution in [1.29, 1.82) is 0 Å². The van der Waals surface area contributed by atoms with Gasteiger partial charge in [0.1, 0.15) is 11.6 Å². The fraction of sp³-hybridized carbons (Fsp3) is 0.438. The number of benzene rings is 1. The lowest BCUT2D eigenvalue weighted by molar-refractivity contribution is 0.381. The zero-order chi connectivity index (χ0) is 15.5. The van der Waals surface area contributed by atoms with Gasteiger partial charge in [-0.1, -0.05) is 26.8 Å². The molecule has 1 aromatic rings. The third-order valence-corrected chi connectivity index (χ3v) is 3.16. The largest absolute Gasteiger partial charge is 0.323 e. The van der Waals surface area contributed by atoms with Gasteiger partial charge in [-0.05, 0) is 37.5 Å². The van der Waals surface area contributed by atoms with Gasteiger partial charge in [-0.2, -0.15) is 0 Å². The van der Waals surface area contributed by atoms with Crippen molar-refractivity contribution in [3.05, 3.63) is 41.5 Å². The fourth-order valence-corrected chi connectivity index (χ4v) is 1.86. The van der Waals surface area contributed by atoms with Gasteiger partial charge < -0.3 is 5.73 Å².